The molecular formula is C44H50. The van der Waals surface area contributed by atoms with Crippen LogP contribution in [0.25, 0.3) is 43.8 Å². The smallest absolute Gasteiger partial charge is 0.00940 e. The number of hydrogen-bond donors (Lipinski definition) is 0. The fourth-order valence-corrected chi connectivity index (χ4v) is 9.20. The van der Waals surface area contributed by atoms with Crippen molar-refractivity contribution in [3.05, 3.63) is 106 Å². The first-order valence-electron chi connectivity index (χ1n) is 16.9. The number of benzene rings is 5. The van der Waals surface area contributed by atoms with E-state index in [2.05, 4.69) is 142 Å². The van der Waals surface area contributed by atoms with Gasteiger partial charge in [0, 0.05) is 0 Å². The summed E-state index contributed by atoms with van der Waals surface area (Å²) in [6.07, 6.45) is 4.93. The van der Waals surface area contributed by atoms with Gasteiger partial charge in [0.05, 0.1) is 0 Å². The highest BCUT2D eigenvalue weighted by Gasteiger charge is 2.41. The van der Waals surface area contributed by atoms with Gasteiger partial charge in [-0.1, -0.05) is 116 Å². The second kappa shape index (κ2) is 9.56. The van der Waals surface area contributed by atoms with Crippen LogP contribution >= 0.6 is 0 Å². The summed E-state index contributed by atoms with van der Waals surface area (Å²) in [5, 5.41) is 5.32. The van der Waals surface area contributed by atoms with Gasteiger partial charge >= 0.3 is 0 Å². The predicted molar refractivity (Wildman–Crippen MR) is 192 cm³/mol. The Kier molecular flexibility index (Phi) is 6.37. The maximum absolute atomic E-state index is 2.45. The molecule has 0 amide bonds. The SMILES string of the molecule is Cc1ccc(-c2ccc3c(ccc4cc(-c5ccc(C)c6c5C(C)(C)CCC6(C)C)ccc43)c2)c2c1C(C)(C)CCC2(C)C. The highest BCUT2D eigenvalue weighted by Crippen LogP contribution is 2.52. The van der Waals surface area contributed by atoms with Crippen LogP contribution in [0.5, 0.6) is 0 Å². The summed E-state index contributed by atoms with van der Waals surface area (Å²) in [6.45, 7) is 24.2. The van der Waals surface area contributed by atoms with E-state index >= 15 is 0 Å². The fourth-order valence-electron chi connectivity index (χ4n) is 9.20. The molecule has 0 atom stereocenters. The topological polar surface area (TPSA) is 0 Å². The number of fused-ring (bicyclic) bond motifs is 5. The molecule has 5 aromatic rings. The molecule has 0 aromatic heterocycles. The van der Waals surface area contributed by atoms with Crippen LogP contribution in [0.1, 0.15) is 114 Å². The molecule has 0 saturated heterocycles. The van der Waals surface area contributed by atoms with Gasteiger partial charge < -0.3 is 0 Å². The minimum absolute atomic E-state index is 0.167. The molecule has 7 rings (SSSR count). The second-order valence-electron chi connectivity index (χ2n) is 16.8. The highest BCUT2D eigenvalue weighted by molar-refractivity contribution is 6.09. The number of aryl methyl sites for hydroxylation is 2. The van der Waals surface area contributed by atoms with Crippen molar-refractivity contribution in [2.24, 2.45) is 0 Å². The van der Waals surface area contributed by atoms with E-state index in [9.17, 15) is 0 Å². The largest absolute Gasteiger partial charge is 0.0584 e. The summed E-state index contributed by atoms with van der Waals surface area (Å²) >= 11 is 0. The lowest BCUT2D eigenvalue weighted by Gasteiger charge is -2.44. The van der Waals surface area contributed by atoms with Gasteiger partial charge in [-0.2, -0.15) is 0 Å². The van der Waals surface area contributed by atoms with Gasteiger partial charge in [0.2, 0.25) is 0 Å². The van der Waals surface area contributed by atoms with Crippen LogP contribution in [0, 0.1) is 13.8 Å². The molecule has 2 aliphatic rings. The monoisotopic (exact) mass is 578 g/mol. The first-order chi connectivity index (χ1) is 20.6. The van der Waals surface area contributed by atoms with Gasteiger partial charge in [-0.05, 0) is 151 Å². The molecule has 0 fully saturated rings. The molecule has 0 aliphatic heterocycles. The van der Waals surface area contributed by atoms with E-state index in [1.54, 1.807) is 22.3 Å². The molecule has 226 valence electrons. The summed E-state index contributed by atoms with van der Waals surface area (Å²) in [5.74, 6) is 0. The standard InChI is InChI=1S/C44H50/c1-27-11-17-35(39-37(27)41(3,4)21-23-43(39,7)8)31-15-19-33-29(25-31)13-14-30-26-32(16-20-34(30)33)36-18-12-28(2)38-40(36)44(9,10)24-22-42(38,5)6/h11-20,25-26H,21-24H2,1-10H3. The van der Waals surface area contributed by atoms with E-state index in [1.165, 1.54) is 80.6 Å². The van der Waals surface area contributed by atoms with Crippen molar-refractivity contribution in [2.75, 3.05) is 0 Å². The normalized spacial score (nSPS) is 19.5. The molecular weight excluding hydrogens is 528 g/mol. The van der Waals surface area contributed by atoms with Crippen LogP contribution < -0.4 is 0 Å². The molecule has 0 nitrogen and oxygen atoms in total. The molecule has 0 bridgehead atoms. The minimum atomic E-state index is 0.167. The van der Waals surface area contributed by atoms with Gasteiger partial charge in [0.15, 0.2) is 0 Å². The maximum atomic E-state index is 2.45. The first-order valence-corrected chi connectivity index (χ1v) is 16.9. The zero-order chi connectivity index (χ0) is 31.4. The predicted octanol–water partition coefficient (Wildman–Crippen LogP) is 12.6. The molecule has 5 aromatic carbocycles. The average Bonchev–Trinajstić information content (AvgIpc) is 2.97. The lowest BCUT2D eigenvalue weighted by molar-refractivity contribution is 0.331. The molecule has 0 N–H and O–H groups in total. The minimum Gasteiger partial charge on any atom is -0.0584 e. The van der Waals surface area contributed by atoms with E-state index in [-0.39, 0.29) is 21.7 Å². The molecule has 0 heteroatoms. The Morgan fingerprint density at radius 3 is 1.09 bits per heavy atom. The molecule has 0 unspecified atom stereocenters. The van der Waals surface area contributed by atoms with E-state index in [0.717, 1.165) is 0 Å². The van der Waals surface area contributed by atoms with Crippen molar-refractivity contribution in [1.29, 1.82) is 0 Å². The lowest BCUT2D eigenvalue weighted by atomic mass is 9.60. The van der Waals surface area contributed by atoms with Gasteiger partial charge in [-0.25, -0.2) is 0 Å². The van der Waals surface area contributed by atoms with Crippen LogP contribution in [-0.4, -0.2) is 0 Å². The van der Waals surface area contributed by atoms with E-state index in [0.29, 0.717) is 0 Å². The zero-order valence-electron chi connectivity index (χ0n) is 28.8. The Bertz CT molecular complexity index is 1830. The number of rotatable bonds is 2. The molecule has 0 radical (unpaired) electrons. The van der Waals surface area contributed by atoms with Crippen molar-refractivity contribution in [1.82, 2.24) is 0 Å². The second-order valence-corrected chi connectivity index (χ2v) is 16.8. The third kappa shape index (κ3) is 4.39. The van der Waals surface area contributed by atoms with Gasteiger partial charge in [-0.15, -0.1) is 0 Å². The van der Waals surface area contributed by atoms with Crippen molar-refractivity contribution in [2.45, 2.75) is 117 Å². The Morgan fingerprint density at radius 1 is 0.386 bits per heavy atom. The zero-order valence-corrected chi connectivity index (χ0v) is 28.8. The molecule has 44 heavy (non-hydrogen) atoms. The van der Waals surface area contributed by atoms with E-state index in [1.807, 2.05) is 0 Å². The summed E-state index contributed by atoms with van der Waals surface area (Å²) in [7, 11) is 0. The van der Waals surface area contributed by atoms with Crippen LogP contribution in [0.2, 0.25) is 0 Å². The molecule has 0 heterocycles. The summed E-state index contributed by atoms with van der Waals surface area (Å²) in [5.41, 5.74) is 15.4. The summed E-state index contributed by atoms with van der Waals surface area (Å²) in [4.78, 5) is 0. The highest BCUT2D eigenvalue weighted by atomic mass is 14.4. The third-order valence-corrected chi connectivity index (χ3v) is 11.7. The molecule has 0 saturated carbocycles. The van der Waals surface area contributed by atoms with Crippen molar-refractivity contribution >= 4 is 21.5 Å². The first kappa shape index (κ1) is 29.3. The lowest BCUT2D eigenvalue weighted by Crippen LogP contribution is -2.35. The Labute approximate surface area is 265 Å². The van der Waals surface area contributed by atoms with Crippen LogP contribution in [0.3, 0.4) is 0 Å². The van der Waals surface area contributed by atoms with Crippen molar-refractivity contribution < 1.29 is 0 Å². The Hall–Kier alpha value is -3.38. The Balaban J connectivity index is 1.37. The molecule has 0 spiro atoms. The molecule has 2 aliphatic carbocycles. The Morgan fingerprint density at radius 2 is 0.727 bits per heavy atom. The van der Waals surface area contributed by atoms with E-state index in [4.69, 9.17) is 0 Å². The summed E-state index contributed by atoms with van der Waals surface area (Å²) < 4.78 is 0. The third-order valence-electron chi connectivity index (χ3n) is 11.7. The van der Waals surface area contributed by atoms with Crippen LogP contribution in [0.4, 0.5) is 0 Å². The van der Waals surface area contributed by atoms with Crippen LogP contribution in [-0.2, 0) is 21.7 Å². The number of hydrogen-bond acceptors (Lipinski definition) is 0. The maximum Gasteiger partial charge on any atom is -0.00940 e. The fraction of sp³-hybridized carbons (Fsp3) is 0.409. The van der Waals surface area contributed by atoms with Gasteiger partial charge in [0.25, 0.3) is 0 Å². The van der Waals surface area contributed by atoms with Gasteiger partial charge in [0.1, 0.15) is 0 Å². The van der Waals surface area contributed by atoms with Gasteiger partial charge in [-0.3, -0.25) is 0 Å². The quantitative estimate of drug-likeness (QED) is 0.183. The summed E-state index contributed by atoms with van der Waals surface area (Å²) in [6, 6.07) is 28.5. The van der Waals surface area contributed by atoms with Crippen molar-refractivity contribution in [3.63, 3.8) is 0 Å². The van der Waals surface area contributed by atoms with Crippen LogP contribution in [0.15, 0.2) is 72.8 Å². The average molecular weight is 579 g/mol. The van der Waals surface area contributed by atoms with Crippen molar-refractivity contribution in [3.8, 4) is 22.3 Å². The van der Waals surface area contributed by atoms with E-state index < -0.39 is 0 Å².